The van der Waals surface area contributed by atoms with Gasteiger partial charge < -0.3 is 25.6 Å². The van der Waals surface area contributed by atoms with Gasteiger partial charge in [0, 0.05) is 58.8 Å². The van der Waals surface area contributed by atoms with Crippen molar-refractivity contribution in [2.24, 2.45) is 7.05 Å². The standard InChI is InChI=1S/C31H44FN9O3/c1-10-15-33-26-21(14-12-11-13-16-34-28(42)20(2)40(8)30(43)44-31(3,4)5)19-35-29(37-26)36-22-17-23-25(24(32)18-22)41(9)38-27(23)39(6)7/h17-20H,10-11,13,15-16H2,1-9H3,(H,34,42)(H2,33,35,36,37)/t20-/m0/s1. The normalized spacial score (nSPS) is 11.8. The average molecular weight is 610 g/mol. The number of ether oxygens (including phenoxy) is 1. The Labute approximate surface area is 258 Å². The van der Waals surface area contributed by atoms with Gasteiger partial charge in [-0.3, -0.25) is 14.4 Å². The zero-order chi connectivity index (χ0) is 32.6. The van der Waals surface area contributed by atoms with Crippen molar-refractivity contribution in [1.82, 2.24) is 30.0 Å². The molecule has 44 heavy (non-hydrogen) atoms. The van der Waals surface area contributed by atoms with Gasteiger partial charge >= 0.3 is 6.09 Å². The number of aryl methyl sites for hydroxylation is 1. The van der Waals surface area contributed by atoms with Gasteiger partial charge in [-0.25, -0.2) is 14.2 Å². The molecule has 1 atom stereocenters. The molecule has 0 bridgehead atoms. The molecule has 0 radical (unpaired) electrons. The van der Waals surface area contributed by atoms with Crippen molar-refractivity contribution in [2.45, 2.75) is 65.5 Å². The van der Waals surface area contributed by atoms with E-state index in [1.165, 1.54) is 22.7 Å². The van der Waals surface area contributed by atoms with Crippen LogP contribution >= 0.6 is 0 Å². The zero-order valence-electron chi connectivity index (χ0n) is 27.1. The molecule has 0 fully saturated rings. The van der Waals surface area contributed by atoms with Gasteiger partial charge in [-0.15, -0.1) is 0 Å². The molecule has 3 aromatic rings. The minimum Gasteiger partial charge on any atom is -0.444 e. The second-order valence-electron chi connectivity index (χ2n) is 11.7. The predicted octanol–water partition coefficient (Wildman–Crippen LogP) is 4.64. The number of nitrogens with zero attached hydrogens (tertiary/aromatic N) is 6. The fraction of sp³-hybridized carbons (Fsp3) is 0.516. The topological polar surface area (TPSA) is 130 Å². The molecule has 13 heteroatoms. The molecule has 3 N–H and O–H groups in total. The summed E-state index contributed by atoms with van der Waals surface area (Å²) in [6, 6.07) is 2.55. The molecule has 0 saturated heterocycles. The number of benzene rings is 1. The summed E-state index contributed by atoms with van der Waals surface area (Å²) in [6.07, 6.45) is 3.11. The highest BCUT2D eigenvalue weighted by Crippen LogP contribution is 2.31. The van der Waals surface area contributed by atoms with E-state index in [9.17, 15) is 14.0 Å². The van der Waals surface area contributed by atoms with Crippen LogP contribution in [0.25, 0.3) is 10.9 Å². The summed E-state index contributed by atoms with van der Waals surface area (Å²) >= 11 is 0. The fourth-order valence-corrected chi connectivity index (χ4v) is 4.15. The van der Waals surface area contributed by atoms with E-state index in [1.54, 1.807) is 40.9 Å². The number of anilines is 4. The van der Waals surface area contributed by atoms with Crippen molar-refractivity contribution < 1.29 is 18.7 Å². The number of amides is 2. The van der Waals surface area contributed by atoms with Crippen molar-refractivity contribution in [1.29, 1.82) is 0 Å². The highest BCUT2D eigenvalue weighted by molar-refractivity contribution is 5.94. The molecule has 2 amide bonds. The molecule has 0 spiro atoms. The third-order valence-electron chi connectivity index (χ3n) is 6.53. The first-order valence-electron chi connectivity index (χ1n) is 14.7. The van der Waals surface area contributed by atoms with Gasteiger partial charge in [-0.05, 0) is 52.7 Å². The van der Waals surface area contributed by atoms with Crippen molar-refractivity contribution in [2.75, 3.05) is 49.8 Å². The van der Waals surface area contributed by atoms with Crippen LogP contribution in [0.15, 0.2) is 18.3 Å². The Morgan fingerprint density at radius 1 is 1.18 bits per heavy atom. The average Bonchev–Trinajstić information content (AvgIpc) is 3.29. The third-order valence-corrected chi connectivity index (χ3v) is 6.53. The highest BCUT2D eigenvalue weighted by atomic mass is 19.1. The number of carbonyl (C=O) groups excluding carboxylic acids is 2. The number of halogens is 1. The van der Waals surface area contributed by atoms with E-state index in [4.69, 9.17) is 4.74 Å². The number of unbranched alkanes of at least 4 members (excludes halogenated alkanes) is 1. The molecule has 0 aliphatic carbocycles. The lowest BCUT2D eigenvalue weighted by Gasteiger charge is -2.28. The Kier molecular flexibility index (Phi) is 11.3. The van der Waals surface area contributed by atoms with E-state index < -0.39 is 23.6 Å². The van der Waals surface area contributed by atoms with E-state index in [0.717, 1.165) is 6.42 Å². The van der Waals surface area contributed by atoms with E-state index in [2.05, 4.69) is 42.9 Å². The van der Waals surface area contributed by atoms with E-state index in [0.29, 0.717) is 65.7 Å². The predicted molar refractivity (Wildman–Crippen MR) is 172 cm³/mol. The maximum Gasteiger partial charge on any atom is 0.410 e. The molecule has 2 aromatic heterocycles. The number of hydrogen-bond acceptors (Lipinski definition) is 9. The maximum atomic E-state index is 15.0. The van der Waals surface area contributed by atoms with Crippen LogP contribution in [-0.2, 0) is 16.6 Å². The Hall–Kier alpha value is -4.60. The van der Waals surface area contributed by atoms with Crippen molar-refractivity contribution in [3.05, 3.63) is 29.7 Å². The van der Waals surface area contributed by atoms with Gasteiger partial charge in [0.05, 0.1) is 11.8 Å². The molecule has 0 unspecified atom stereocenters. The molecule has 0 saturated carbocycles. The quantitative estimate of drug-likeness (QED) is 0.210. The second-order valence-corrected chi connectivity index (χ2v) is 11.7. The lowest BCUT2D eigenvalue weighted by Crippen LogP contribution is -2.47. The van der Waals surface area contributed by atoms with Gasteiger partial charge in [-0.1, -0.05) is 18.8 Å². The largest absolute Gasteiger partial charge is 0.444 e. The van der Waals surface area contributed by atoms with Crippen LogP contribution < -0.4 is 20.9 Å². The number of hydrogen-bond donors (Lipinski definition) is 3. The number of likely N-dealkylation sites (N-methyl/N-ethyl adjacent to an activating group) is 1. The third kappa shape index (κ3) is 8.95. The van der Waals surface area contributed by atoms with Crippen molar-refractivity contribution in [3.63, 3.8) is 0 Å². The smallest absolute Gasteiger partial charge is 0.410 e. The zero-order valence-corrected chi connectivity index (χ0v) is 27.1. The molecule has 2 heterocycles. The minimum atomic E-state index is -0.676. The number of carbonyl (C=O) groups is 2. The molecular formula is C31H44FN9O3. The van der Waals surface area contributed by atoms with Crippen LogP contribution in [0.1, 0.15) is 59.4 Å². The number of fused-ring (bicyclic) bond motifs is 1. The molecule has 0 aliphatic rings. The SMILES string of the molecule is CCCNc1nc(Nc2cc(F)c3c(c2)c(N(C)C)nn3C)ncc1C#CCCCNC(=O)[C@H](C)N(C)C(=O)OC(C)(C)C. The van der Waals surface area contributed by atoms with Crippen LogP contribution in [0.3, 0.4) is 0 Å². The summed E-state index contributed by atoms with van der Waals surface area (Å²) in [7, 11) is 6.97. The number of aromatic nitrogens is 4. The number of nitrogens with one attached hydrogen (secondary N) is 3. The van der Waals surface area contributed by atoms with Crippen LogP contribution in [-0.4, -0.2) is 82.5 Å². The first-order valence-corrected chi connectivity index (χ1v) is 14.7. The van der Waals surface area contributed by atoms with E-state index in [1.807, 2.05) is 32.0 Å². The summed E-state index contributed by atoms with van der Waals surface area (Å²) < 4.78 is 21.8. The Balaban J connectivity index is 1.63. The number of rotatable bonds is 11. The minimum absolute atomic E-state index is 0.269. The van der Waals surface area contributed by atoms with Gasteiger partial charge in [0.15, 0.2) is 11.6 Å². The molecular weight excluding hydrogens is 565 g/mol. The van der Waals surface area contributed by atoms with Crippen LogP contribution in [0.4, 0.5) is 32.5 Å². The fourth-order valence-electron chi connectivity index (χ4n) is 4.15. The lowest BCUT2D eigenvalue weighted by atomic mass is 10.2. The lowest BCUT2D eigenvalue weighted by molar-refractivity contribution is -0.125. The van der Waals surface area contributed by atoms with Gasteiger partial charge in [0.2, 0.25) is 11.9 Å². The highest BCUT2D eigenvalue weighted by Gasteiger charge is 2.26. The van der Waals surface area contributed by atoms with Gasteiger partial charge in [0.25, 0.3) is 0 Å². The van der Waals surface area contributed by atoms with Crippen LogP contribution in [0.2, 0.25) is 0 Å². The molecule has 1 aromatic carbocycles. The van der Waals surface area contributed by atoms with Crippen molar-refractivity contribution >= 4 is 46.2 Å². The first kappa shape index (κ1) is 33.9. The van der Waals surface area contributed by atoms with Gasteiger partial charge in [-0.2, -0.15) is 10.1 Å². The summed E-state index contributed by atoms with van der Waals surface area (Å²) in [5.41, 5.74) is 0.904. The Morgan fingerprint density at radius 2 is 1.91 bits per heavy atom. The summed E-state index contributed by atoms with van der Waals surface area (Å²) in [4.78, 5) is 36.8. The molecule has 238 valence electrons. The molecule has 3 rings (SSSR count). The Bertz CT molecular complexity index is 1540. The van der Waals surface area contributed by atoms with Crippen LogP contribution in [0.5, 0.6) is 0 Å². The maximum absolute atomic E-state index is 15.0. The second kappa shape index (κ2) is 14.7. The summed E-state index contributed by atoms with van der Waals surface area (Å²) in [6.45, 7) is 10.1. The summed E-state index contributed by atoms with van der Waals surface area (Å²) in [5, 5.41) is 14.3. The van der Waals surface area contributed by atoms with Crippen LogP contribution in [0, 0.1) is 17.7 Å². The monoisotopic (exact) mass is 609 g/mol. The Morgan fingerprint density at radius 3 is 2.57 bits per heavy atom. The van der Waals surface area contributed by atoms with E-state index >= 15 is 0 Å². The van der Waals surface area contributed by atoms with Crippen molar-refractivity contribution in [3.8, 4) is 11.8 Å². The van der Waals surface area contributed by atoms with E-state index in [-0.39, 0.29) is 5.91 Å². The van der Waals surface area contributed by atoms with Gasteiger partial charge in [0.1, 0.15) is 23.0 Å². The molecule has 0 aliphatic heterocycles. The molecule has 12 nitrogen and oxygen atoms in total. The summed E-state index contributed by atoms with van der Waals surface area (Å²) in [5.74, 6) is 7.08. The first-order chi connectivity index (χ1) is 20.7.